The molecule has 0 saturated carbocycles. The average molecular weight is 523 g/mol. The number of aliphatic hydroxyl groups excluding tert-OH is 1. The predicted molar refractivity (Wildman–Crippen MR) is 162 cm³/mol. The van der Waals surface area contributed by atoms with Gasteiger partial charge in [0.15, 0.2) is 0 Å². The fraction of sp³-hybridized carbons (Fsp3) is 0.912. The minimum absolute atomic E-state index is 0.164. The maximum atomic E-state index is 11.5. The molecule has 0 fully saturated rings. The predicted octanol–water partition coefficient (Wildman–Crippen LogP) is 11.0. The number of unbranched alkanes of at least 4 members (excludes halogenated alkanes) is 26. The molecule has 37 heavy (non-hydrogen) atoms. The Morgan fingerprint density at radius 2 is 0.730 bits per heavy atom. The van der Waals surface area contributed by atoms with Crippen LogP contribution in [-0.4, -0.2) is 24.3 Å². The summed E-state index contributed by atoms with van der Waals surface area (Å²) in [5.74, 6) is -0.164. The summed E-state index contributed by atoms with van der Waals surface area (Å²) in [6.45, 7) is 4.61. The van der Waals surface area contributed by atoms with Gasteiger partial charge in [-0.15, -0.1) is 0 Å². The maximum absolute atomic E-state index is 11.5. The van der Waals surface area contributed by atoms with Crippen molar-refractivity contribution >= 4 is 5.97 Å². The Hall–Kier alpha value is -0.830. The summed E-state index contributed by atoms with van der Waals surface area (Å²) in [4.78, 5) is 11.5. The molecular formula is C34H66O3. The molecule has 0 amide bonds. The fourth-order valence-corrected chi connectivity index (χ4v) is 5.03. The normalized spacial score (nSPS) is 11.8. The summed E-state index contributed by atoms with van der Waals surface area (Å²) in [5.41, 5.74) is 0.705. The van der Waals surface area contributed by atoms with Crippen LogP contribution in [-0.2, 0) is 9.53 Å². The van der Waals surface area contributed by atoms with Gasteiger partial charge in [-0.05, 0) is 26.7 Å². The molecule has 0 aliphatic heterocycles. The van der Waals surface area contributed by atoms with Crippen LogP contribution in [0.4, 0.5) is 0 Å². The quantitative estimate of drug-likeness (QED) is 0.0579. The van der Waals surface area contributed by atoms with E-state index in [0.29, 0.717) is 18.8 Å². The molecule has 0 rings (SSSR count). The zero-order valence-corrected chi connectivity index (χ0v) is 25.3. The Labute approximate surface area is 232 Å². The third-order valence-corrected chi connectivity index (χ3v) is 7.79. The fourth-order valence-electron chi connectivity index (χ4n) is 5.03. The highest BCUT2D eigenvalue weighted by Crippen LogP contribution is 2.16. The first-order valence-corrected chi connectivity index (χ1v) is 16.6. The minimum Gasteiger partial charge on any atom is -0.462 e. The van der Waals surface area contributed by atoms with Gasteiger partial charge in [0.2, 0.25) is 0 Å². The number of ether oxygens (including phenoxy) is 1. The van der Waals surface area contributed by atoms with Crippen LogP contribution in [0.2, 0.25) is 0 Å². The lowest BCUT2D eigenvalue weighted by Gasteiger charge is -2.05. The van der Waals surface area contributed by atoms with Crippen molar-refractivity contribution in [3.8, 4) is 0 Å². The van der Waals surface area contributed by atoms with Crippen LogP contribution >= 0.6 is 0 Å². The van der Waals surface area contributed by atoms with Crippen LogP contribution in [0, 0.1) is 0 Å². The summed E-state index contributed by atoms with van der Waals surface area (Å²) < 4.78 is 5.24. The second-order valence-electron chi connectivity index (χ2n) is 11.4. The molecule has 0 atom stereocenters. The summed E-state index contributed by atoms with van der Waals surface area (Å²) in [7, 11) is 0. The van der Waals surface area contributed by atoms with E-state index in [0.717, 1.165) is 12.8 Å². The van der Waals surface area contributed by atoms with Crippen LogP contribution in [0.1, 0.15) is 187 Å². The number of hydrogen-bond acceptors (Lipinski definition) is 3. The molecule has 0 saturated heterocycles. The van der Waals surface area contributed by atoms with E-state index in [1.165, 1.54) is 161 Å². The van der Waals surface area contributed by atoms with E-state index in [-0.39, 0.29) is 5.97 Å². The molecule has 1 N–H and O–H groups in total. The van der Waals surface area contributed by atoms with Crippen LogP contribution in [0.3, 0.4) is 0 Å². The van der Waals surface area contributed by atoms with Crippen molar-refractivity contribution < 1.29 is 14.6 Å². The summed E-state index contributed by atoms with van der Waals surface area (Å²) in [6.07, 6.45) is 38.6. The topological polar surface area (TPSA) is 46.5 Å². The maximum Gasteiger partial charge on any atom is 0.333 e. The van der Waals surface area contributed by atoms with E-state index < -0.39 is 0 Å². The third-order valence-electron chi connectivity index (χ3n) is 7.79. The van der Waals surface area contributed by atoms with Crippen molar-refractivity contribution in [2.24, 2.45) is 0 Å². The van der Waals surface area contributed by atoms with Gasteiger partial charge in [-0.3, -0.25) is 0 Å². The number of allylic oxidation sites excluding steroid dienone is 1. The molecule has 220 valence electrons. The number of esters is 1. The molecule has 0 aromatic carbocycles. The largest absolute Gasteiger partial charge is 0.462 e. The van der Waals surface area contributed by atoms with E-state index >= 15 is 0 Å². The van der Waals surface area contributed by atoms with Gasteiger partial charge in [-0.1, -0.05) is 167 Å². The summed E-state index contributed by atoms with van der Waals surface area (Å²) in [5, 5.41) is 8.77. The molecule has 0 spiro atoms. The Kier molecular flexibility index (Phi) is 30.7. The molecule has 0 radical (unpaired) electrons. The molecule has 0 aromatic heterocycles. The van der Waals surface area contributed by atoms with Gasteiger partial charge in [0.05, 0.1) is 6.61 Å². The Bertz CT molecular complexity index is 485. The van der Waals surface area contributed by atoms with E-state index in [1.54, 1.807) is 13.0 Å². The van der Waals surface area contributed by atoms with Crippen molar-refractivity contribution in [3.05, 3.63) is 11.6 Å². The molecule has 3 heteroatoms. The molecule has 0 bridgehead atoms. The first-order valence-electron chi connectivity index (χ1n) is 16.6. The molecule has 0 aliphatic rings. The van der Waals surface area contributed by atoms with Crippen molar-refractivity contribution in [3.63, 3.8) is 0 Å². The van der Waals surface area contributed by atoms with Gasteiger partial charge in [0, 0.05) is 12.2 Å². The molecule has 0 aromatic rings. The van der Waals surface area contributed by atoms with Crippen LogP contribution in [0.5, 0.6) is 0 Å². The smallest absolute Gasteiger partial charge is 0.333 e. The highest BCUT2D eigenvalue weighted by atomic mass is 16.5. The van der Waals surface area contributed by atoms with Crippen molar-refractivity contribution in [2.75, 3.05) is 13.2 Å². The van der Waals surface area contributed by atoms with E-state index in [2.05, 4.69) is 0 Å². The van der Waals surface area contributed by atoms with Crippen LogP contribution < -0.4 is 0 Å². The highest BCUT2D eigenvalue weighted by molar-refractivity contribution is 5.87. The van der Waals surface area contributed by atoms with Crippen LogP contribution in [0.25, 0.3) is 0 Å². The monoisotopic (exact) mass is 523 g/mol. The number of carbonyl (C=O) groups excluding carboxylic acids is 1. The first kappa shape index (κ1) is 36.2. The Morgan fingerprint density at radius 1 is 0.486 bits per heavy atom. The Morgan fingerprint density at radius 3 is 0.973 bits per heavy atom. The van der Waals surface area contributed by atoms with E-state index in [1.807, 2.05) is 6.92 Å². The lowest BCUT2D eigenvalue weighted by atomic mass is 10.0. The van der Waals surface area contributed by atoms with Gasteiger partial charge >= 0.3 is 5.97 Å². The lowest BCUT2D eigenvalue weighted by Crippen LogP contribution is -2.06. The van der Waals surface area contributed by atoms with Gasteiger partial charge in [-0.25, -0.2) is 4.79 Å². The van der Waals surface area contributed by atoms with Gasteiger partial charge in [-0.2, -0.15) is 0 Å². The van der Waals surface area contributed by atoms with Crippen LogP contribution in [0.15, 0.2) is 11.6 Å². The zero-order chi connectivity index (χ0) is 27.1. The van der Waals surface area contributed by atoms with Gasteiger partial charge in [0.1, 0.15) is 0 Å². The number of aliphatic hydroxyl groups is 1. The highest BCUT2D eigenvalue weighted by Gasteiger charge is 2.03. The molecule has 0 aliphatic carbocycles. The molecule has 0 unspecified atom stereocenters. The summed E-state index contributed by atoms with van der Waals surface area (Å²) >= 11 is 0. The summed E-state index contributed by atoms with van der Waals surface area (Å²) in [6, 6.07) is 0. The lowest BCUT2D eigenvalue weighted by molar-refractivity contribution is -0.139. The standard InChI is InChI=1S/C34H66O3/c1-3-33(2)34(36)37-32-30-28-26-24-22-20-18-16-14-12-10-8-6-4-5-7-9-11-13-15-17-19-21-23-25-27-29-31-35/h3,35H,4-32H2,1-2H3. The molecule has 0 heterocycles. The molecular weight excluding hydrogens is 456 g/mol. The van der Waals surface area contributed by atoms with Crippen molar-refractivity contribution in [2.45, 2.75) is 187 Å². The van der Waals surface area contributed by atoms with E-state index in [4.69, 9.17) is 9.84 Å². The van der Waals surface area contributed by atoms with Crippen molar-refractivity contribution in [1.29, 1.82) is 0 Å². The number of hydrogen-bond donors (Lipinski definition) is 1. The zero-order valence-electron chi connectivity index (χ0n) is 25.3. The van der Waals surface area contributed by atoms with Gasteiger partial charge in [0.25, 0.3) is 0 Å². The minimum atomic E-state index is -0.164. The number of rotatable bonds is 30. The second-order valence-corrected chi connectivity index (χ2v) is 11.4. The SMILES string of the molecule is CC=C(C)C(=O)OCCCCCCCCCCCCCCCCCCCCCCCCCCCCCO. The van der Waals surface area contributed by atoms with Crippen molar-refractivity contribution in [1.82, 2.24) is 0 Å². The second kappa shape index (κ2) is 31.4. The number of carbonyl (C=O) groups is 1. The van der Waals surface area contributed by atoms with E-state index in [9.17, 15) is 4.79 Å². The molecule has 3 nitrogen and oxygen atoms in total. The average Bonchev–Trinajstić information content (AvgIpc) is 2.91. The third kappa shape index (κ3) is 29.6. The Balaban J connectivity index is 3.08. The first-order chi connectivity index (χ1) is 18.2. The van der Waals surface area contributed by atoms with Gasteiger partial charge < -0.3 is 9.84 Å².